The summed E-state index contributed by atoms with van der Waals surface area (Å²) in [4.78, 5) is 17.0. The van der Waals surface area contributed by atoms with Crippen LogP contribution in [0.5, 0.6) is 5.75 Å². The fourth-order valence-electron chi connectivity index (χ4n) is 2.86. The number of unbranched alkanes of at least 4 members (excludes halogenated alkanes) is 5. The summed E-state index contributed by atoms with van der Waals surface area (Å²) < 4.78 is 0. The molecule has 2 rings (SSSR count). The minimum Gasteiger partial charge on any atom is -0.507 e. The number of nitro benzene ring substituents is 1. The molecule has 1 heterocycles. The summed E-state index contributed by atoms with van der Waals surface area (Å²) in [6.07, 6.45) is 7.33. The topological polar surface area (TPSA) is 79.0 Å². The van der Waals surface area contributed by atoms with Gasteiger partial charge in [-0.25, -0.2) is 0 Å². The van der Waals surface area contributed by atoms with Gasteiger partial charge in [0, 0.05) is 25.2 Å². The number of aromatic hydroxyl groups is 1. The van der Waals surface area contributed by atoms with E-state index in [9.17, 15) is 15.2 Å². The molecule has 1 aliphatic heterocycles. The molecule has 0 amide bonds. The van der Waals surface area contributed by atoms with E-state index in [1.165, 1.54) is 50.3 Å². The summed E-state index contributed by atoms with van der Waals surface area (Å²) in [5.41, 5.74) is 0.439. The van der Waals surface area contributed by atoms with Gasteiger partial charge in [0.1, 0.15) is 11.6 Å². The number of rotatable bonds is 9. The molecule has 0 aliphatic carbocycles. The van der Waals surface area contributed by atoms with E-state index in [1.54, 1.807) is 0 Å². The third kappa shape index (κ3) is 4.68. The third-order valence-electron chi connectivity index (χ3n) is 4.14. The van der Waals surface area contributed by atoms with Crippen LogP contribution in [-0.2, 0) is 0 Å². The van der Waals surface area contributed by atoms with Crippen molar-refractivity contribution in [3.8, 4) is 5.75 Å². The maximum Gasteiger partial charge on any atom is 0.270 e. The normalized spacial score (nSPS) is 14.1. The Labute approximate surface area is 137 Å². The molecule has 0 radical (unpaired) electrons. The van der Waals surface area contributed by atoms with E-state index in [-0.39, 0.29) is 11.4 Å². The molecule has 0 bridgehead atoms. The first-order valence-electron chi connectivity index (χ1n) is 8.40. The van der Waals surface area contributed by atoms with Crippen LogP contribution in [0.15, 0.2) is 23.2 Å². The van der Waals surface area contributed by atoms with Crippen molar-refractivity contribution in [2.24, 2.45) is 4.99 Å². The first-order valence-corrected chi connectivity index (χ1v) is 8.40. The minimum absolute atomic E-state index is 0.0214. The fourth-order valence-corrected chi connectivity index (χ4v) is 2.86. The second-order valence-corrected chi connectivity index (χ2v) is 5.92. The Morgan fingerprint density at radius 2 is 2.00 bits per heavy atom. The number of hydrogen-bond acceptors (Lipinski definition) is 5. The van der Waals surface area contributed by atoms with Gasteiger partial charge in [-0.15, -0.1) is 0 Å². The van der Waals surface area contributed by atoms with Gasteiger partial charge in [-0.05, 0) is 12.5 Å². The molecule has 0 unspecified atom stereocenters. The predicted octanol–water partition coefficient (Wildman–Crippen LogP) is 3.72. The maximum absolute atomic E-state index is 10.9. The Morgan fingerprint density at radius 3 is 2.74 bits per heavy atom. The Morgan fingerprint density at radius 1 is 1.26 bits per heavy atom. The molecule has 1 aliphatic rings. The molecule has 1 aromatic carbocycles. The highest BCUT2D eigenvalue weighted by Crippen LogP contribution is 2.26. The molecule has 0 saturated carbocycles. The molecule has 126 valence electrons. The maximum atomic E-state index is 10.9. The smallest absolute Gasteiger partial charge is 0.270 e. The molecule has 23 heavy (non-hydrogen) atoms. The van der Waals surface area contributed by atoms with Crippen molar-refractivity contribution in [3.05, 3.63) is 33.9 Å². The Balaban J connectivity index is 1.96. The predicted molar refractivity (Wildman–Crippen MR) is 91.1 cm³/mol. The summed E-state index contributed by atoms with van der Waals surface area (Å²) in [5.74, 6) is 0.726. The molecule has 1 aromatic rings. The number of phenolic OH excluding ortho intramolecular Hbond substituents is 1. The van der Waals surface area contributed by atoms with E-state index >= 15 is 0 Å². The molecule has 6 heteroatoms. The zero-order chi connectivity index (χ0) is 16.7. The van der Waals surface area contributed by atoms with Crippen molar-refractivity contribution in [2.45, 2.75) is 45.4 Å². The van der Waals surface area contributed by atoms with E-state index in [0.717, 1.165) is 19.5 Å². The number of non-ortho nitro benzene ring substituents is 1. The van der Waals surface area contributed by atoms with Crippen LogP contribution < -0.4 is 0 Å². The van der Waals surface area contributed by atoms with Crippen LogP contribution in [0, 0.1) is 10.1 Å². The molecule has 0 aromatic heterocycles. The zero-order valence-electron chi connectivity index (χ0n) is 13.7. The van der Waals surface area contributed by atoms with Gasteiger partial charge in [0.15, 0.2) is 0 Å². The van der Waals surface area contributed by atoms with Crippen LogP contribution >= 0.6 is 0 Å². The van der Waals surface area contributed by atoms with Crippen molar-refractivity contribution in [1.82, 2.24) is 4.90 Å². The molecular weight excluding hydrogens is 294 g/mol. The van der Waals surface area contributed by atoms with Crippen molar-refractivity contribution >= 4 is 11.5 Å². The lowest BCUT2D eigenvalue weighted by Crippen LogP contribution is -2.29. The van der Waals surface area contributed by atoms with Gasteiger partial charge >= 0.3 is 0 Å². The van der Waals surface area contributed by atoms with Crippen LogP contribution in [0.3, 0.4) is 0 Å². The van der Waals surface area contributed by atoms with Gasteiger partial charge in [0.05, 0.1) is 17.0 Å². The molecule has 0 saturated heterocycles. The second kappa shape index (κ2) is 8.50. The summed E-state index contributed by atoms with van der Waals surface area (Å²) >= 11 is 0. The van der Waals surface area contributed by atoms with Gasteiger partial charge in [-0.3, -0.25) is 15.1 Å². The number of aliphatic imine (C=N–C) groups is 1. The van der Waals surface area contributed by atoms with Gasteiger partial charge in [0.2, 0.25) is 0 Å². The SMILES string of the molecule is CCCCCCCCN1CCN=C1c1cc([N+](=O)[O-])ccc1O. The van der Waals surface area contributed by atoms with Gasteiger partial charge in [0.25, 0.3) is 5.69 Å². The number of nitrogens with zero attached hydrogens (tertiary/aromatic N) is 3. The van der Waals surface area contributed by atoms with Gasteiger partial charge in [-0.1, -0.05) is 39.0 Å². The molecular formula is C17H25N3O3. The van der Waals surface area contributed by atoms with E-state index in [1.807, 2.05) is 0 Å². The van der Waals surface area contributed by atoms with Gasteiger partial charge < -0.3 is 10.0 Å². The van der Waals surface area contributed by atoms with Crippen LogP contribution in [0.25, 0.3) is 0 Å². The highest BCUT2D eigenvalue weighted by atomic mass is 16.6. The minimum atomic E-state index is -0.448. The number of benzene rings is 1. The highest BCUT2D eigenvalue weighted by Gasteiger charge is 2.22. The van der Waals surface area contributed by atoms with Crippen LogP contribution in [0.1, 0.15) is 51.0 Å². The van der Waals surface area contributed by atoms with Crippen molar-refractivity contribution < 1.29 is 10.0 Å². The molecule has 0 spiro atoms. The first kappa shape index (κ1) is 17.2. The Bertz CT molecular complexity index is 572. The molecule has 6 nitrogen and oxygen atoms in total. The summed E-state index contributed by atoms with van der Waals surface area (Å²) in [6.45, 7) is 4.57. The average Bonchev–Trinajstić information content (AvgIpc) is 2.99. The largest absolute Gasteiger partial charge is 0.507 e. The van der Waals surface area contributed by atoms with E-state index in [2.05, 4.69) is 16.8 Å². The second-order valence-electron chi connectivity index (χ2n) is 5.92. The molecule has 1 N–H and O–H groups in total. The lowest BCUT2D eigenvalue weighted by Gasteiger charge is -2.20. The van der Waals surface area contributed by atoms with Crippen LogP contribution in [0.2, 0.25) is 0 Å². The zero-order valence-corrected chi connectivity index (χ0v) is 13.7. The monoisotopic (exact) mass is 319 g/mol. The number of phenols is 1. The average molecular weight is 319 g/mol. The lowest BCUT2D eigenvalue weighted by atomic mass is 10.1. The van der Waals surface area contributed by atoms with Crippen LogP contribution in [0.4, 0.5) is 5.69 Å². The van der Waals surface area contributed by atoms with Gasteiger partial charge in [-0.2, -0.15) is 0 Å². The van der Waals surface area contributed by atoms with Crippen molar-refractivity contribution in [2.75, 3.05) is 19.6 Å². The lowest BCUT2D eigenvalue weighted by molar-refractivity contribution is -0.384. The summed E-state index contributed by atoms with van der Waals surface area (Å²) in [6, 6.07) is 4.09. The summed E-state index contributed by atoms with van der Waals surface area (Å²) in [7, 11) is 0. The van der Waals surface area contributed by atoms with Crippen molar-refractivity contribution in [1.29, 1.82) is 0 Å². The van der Waals surface area contributed by atoms with Crippen molar-refractivity contribution in [3.63, 3.8) is 0 Å². The molecule has 0 atom stereocenters. The molecule has 0 fully saturated rings. The number of amidine groups is 1. The van der Waals surface area contributed by atoms with E-state index < -0.39 is 4.92 Å². The number of hydrogen-bond donors (Lipinski definition) is 1. The highest BCUT2D eigenvalue weighted by molar-refractivity contribution is 6.02. The third-order valence-corrected chi connectivity index (χ3v) is 4.14. The Hall–Kier alpha value is -2.11. The number of nitro groups is 1. The summed E-state index contributed by atoms with van der Waals surface area (Å²) in [5, 5.41) is 21.0. The quantitative estimate of drug-likeness (QED) is 0.427. The first-order chi connectivity index (χ1) is 11.1. The standard InChI is InChI=1S/C17H25N3O3/c1-2-3-4-5-6-7-11-19-12-10-18-17(19)15-13-14(20(22)23)8-9-16(15)21/h8-9,13,21H,2-7,10-12H2,1H3. The fraction of sp³-hybridized carbons (Fsp3) is 0.588. The Kier molecular flexibility index (Phi) is 6.38. The van der Waals surface area contributed by atoms with E-state index in [4.69, 9.17) is 0 Å². The van der Waals surface area contributed by atoms with E-state index in [0.29, 0.717) is 17.9 Å². The van der Waals surface area contributed by atoms with Crippen LogP contribution in [-0.4, -0.2) is 40.4 Å².